The number of nitrogens with one attached hydrogen (secondary N) is 1. The number of likely N-dealkylation sites (tertiary alicyclic amines) is 2. The normalized spacial score (nSPS) is 23.3. The number of aromatic nitrogens is 2. The van der Waals surface area contributed by atoms with E-state index in [1.165, 1.54) is 45.2 Å². The fourth-order valence-corrected chi connectivity index (χ4v) is 4.20. The average molecular weight is 326 g/mol. The summed E-state index contributed by atoms with van der Waals surface area (Å²) in [6, 6.07) is 4.40. The van der Waals surface area contributed by atoms with Crippen LogP contribution in [0.1, 0.15) is 48.9 Å². The first-order valence-corrected chi connectivity index (χ1v) is 9.28. The molecule has 0 spiro atoms. The van der Waals surface area contributed by atoms with Crippen molar-refractivity contribution >= 4 is 16.9 Å². The highest BCUT2D eigenvalue weighted by Gasteiger charge is 2.29. The van der Waals surface area contributed by atoms with E-state index in [0.717, 1.165) is 36.1 Å². The minimum Gasteiger partial charge on any atom is -0.345 e. The van der Waals surface area contributed by atoms with Gasteiger partial charge in [-0.05, 0) is 50.9 Å². The van der Waals surface area contributed by atoms with Gasteiger partial charge in [-0.1, -0.05) is 12.8 Å². The number of piperidine rings is 1. The summed E-state index contributed by atoms with van der Waals surface area (Å²) in [6.45, 7) is 4.13. The van der Waals surface area contributed by atoms with Crippen molar-refractivity contribution in [2.45, 2.75) is 44.6 Å². The maximum Gasteiger partial charge on any atom is 0.256 e. The number of H-pyrrole nitrogens is 1. The van der Waals surface area contributed by atoms with Crippen LogP contribution in [0.5, 0.6) is 0 Å². The van der Waals surface area contributed by atoms with E-state index in [0.29, 0.717) is 6.04 Å². The van der Waals surface area contributed by atoms with Gasteiger partial charge >= 0.3 is 0 Å². The molecule has 0 radical (unpaired) electrons. The quantitative estimate of drug-likeness (QED) is 0.923. The van der Waals surface area contributed by atoms with Gasteiger partial charge < -0.3 is 9.88 Å². The Morgan fingerprint density at radius 1 is 1.12 bits per heavy atom. The molecular formula is C19H26N4O. The zero-order chi connectivity index (χ0) is 16.4. The third-order valence-electron chi connectivity index (χ3n) is 5.52. The van der Waals surface area contributed by atoms with Gasteiger partial charge in [0.15, 0.2) is 0 Å². The Labute approximate surface area is 143 Å². The van der Waals surface area contributed by atoms with E-state index >= 15 is 0 Å². The van der Waals surface area contributed by atoms with Crippen LogP contribution in [0.25, 0.3) is 11.0 Å². The zero-order valence-electron chi connectivity index (χ0n) is 14.2. The van der Waals surface area contributed by atoms with Gasteiger partial charge in [-0.2, -0.15) is 0 Å². The molecule has 5 nitrogen and oxygen atoms in total. The number of hydrogen-bond acceptors (Lipinski definition) is 3. The number of aromatic amines is 1. The zero-order valence-corrected chi connectivity index (χ0v) is 14.2. The highest BCUT2D eigenvalue weighted by Crippen LogP contribution is 2.23. The van der Waals surface area contributed by atoms with Crippen LogP contribution in [0.3, 0.4) is 0 Å². The number of pyridine rings is 1. The van der Waals surface area contributed by atoms with Crippen LogP contribution in [-0.4, -0.2) is 57.9 Å². The van der Waals surface area contributed by atoms with Crippen LogP contribution in [0.2, 0.25) is 0 Å². The molecule has 1 unspecified atom stereocenters. The van der Waals surface area contributed by atoms with Crippen molar-refractivity contribution < 1.29 is 4.79 Å². The van der Waals surface area contributed by atoms with Crippen LogP contribution in [0.15, 0.2) is 24.5 Å². The first kappa shape index (κ1) is 15.6. The molecule has 2 aliphatic heterocycles. The van der Waals surface area contributed by atoms with Crippen molar-refractivity contribution in [1.82, 2.24) is 19.8 Å². The van der Waals surface area contributed by atoms with Crippen molar-refractivity contribution in [3.05, 3.63) is 30.1 Å². The molecular weight excluding hydrogens is 300 g/mol. The Bertz CT molecular complexity index is 702. The Kier molecular flexibility index (Phi) is 4.52. The maximum absolute atomic E-state index is 13.0. The lowest BCUT2D eigenvalue weighted by Gasteiger charge is -2.39. The Balaban J connectivity index is 1.50. The van der Waals surface area contributed by atoms with Gasteiger partial charge in [-0.3, -0.25) is 9.69 Å². The number of nitrogens with zero attached hydrogens (tertiary/aromatic N) is 3. The topological polar surface area (TPSA) is 52.2 Å². The number of fused-ring (bicyclic) bond motifs is 1. The molecule has 0 bridgehead atoms. The molecule has 0 saturated carbocycles. The van der Waals surface area contributed by atoms with Crippen LogP contribution < -0.4 is 0 Å². The van der Waals surface area contributed by atoms with Crippen LogP contribution in [-0.2, 0) is 0 Å². The summed E-state index contributed by atoms with van der Waals surface area (Å²) in [5.41, 5.74) is 1.55. The lowest BCUT2D eigenvalue weighted by atomic mass is 10.0. The number of hydrogen-bond donors (Lipinski definition) is 1. The van der Waals surface area contributed by atoms with Gasteiger partial charge in [0.1, 0.15) is 5.65 Å². The predicted octanol–water partition coefficient (Wildman–Crippen LogP) is 3.04. The lowest BCUT2D eigenvalue weighted by molar-refractivity contribution is 0.0581. The molecule has 0 aromatic carbocycles. The van der Waals surface area contributed by atoms with Crippen molar-refractivity contribution in [2.24, 2.45) is 0 Å². The van der Waals surface area contributed by atoms with Crippen LogP contribution >= 0.6 is 0 Å². The third kappa shape index (κ3) is 3.05. The molecule has 2 aliphatic rings. The molecule has 1 amide bonds. The van der Waals surface area contributed by atoms with Gasteiger partial charge in [-0.15, -0.1) is 0 Å². The predicted molar refractivity (Wildman–Crippen MR) is 95.1 cm³/mol. The van der Waals surface area contributed by atoms with Crippen LogP contribution in [0, 0.1) is 0 Å². The minimum absolute atomic E-state index is 0.147. The molecule has 2 fully saturated rings. The largest absolute Gasteiger partial charge is 0.345 e. The molecule has 4 rings (SSSR count). The smallest absolute Gasteiger partial charge is 0.256 e. The molecule has 0 aliphatic carbocycles. The van der Waals surface area contributed by atoms with E-state index < -0.39 is 0 Å². The van der Waals surface area contributed by atoms with E-state index in [1.54, 1.807) is 6.20 Å². The van der Waals surface area contributed by atoms with E-state index in [1.807, 2.05) is 18.3 Å². The second kappa shape index (κ2) is 6.93. The number of amides is 1. The number of carbonyl (C=O) groups is 1. The van der Waals surface area contributed by atoms with Gasteiger partial charge in [0, 0.05) is 36.9 Å². The SMILES string of the molecule is O=C(c1c[nH]c2ncccc12)N1CCCC(N2CCCCCC2)C1. The number of rotatable bonds is 2. The van der Waals surface area contributed by atoms with Gasteiger partial charge in [-0.25, -0.2) is 4.98 Å². The monoisotopic (exact) mass is 326 g/mol. The summed E-state index contributed by atoms with van der Waals surface area (Å²) >= 11 is 0. The molecule has 1 atom stereocenters. The highest BCUT2D eigenvalue weighted by molar-refractivity contribution is 6.05. The molecule has 1 N–H and O–H groups in total. The summed E-state index contributed by atoms with van der Waals surface area (Å²) in [5, 5.41) is 0.930. The van der Waals surface area contributed by atoms with E-state index in [-0.39, 0.29) is 5.91 Å². The fraction of sp³-hybridized carbons (Fsp3) is 0.579. The first-order valence-electron chi connectivity index (χ1n) is 9.28. The molecule has 2 aromatic rings. The first-order chi connectivity index (χ1) is 11.8. The van der Waals surface area contributed by atoms with Crippen molar-refractivity contribution in [3.8, 4) is 0 Å². The summed E-state index contributed by atoms with van der Waals surface area (Å²) < 4.78 is 0. The summed E-state index contributed by atoms with van der Waals surface area (Å²) in [5.74, 6) is 0.147. The van der Waals surface area contributed by atoms with E-state index in [4.69, 9.17) is 0 Å². The fourth-order valence-electron chi connectivity index (χ4n) is 4.20. The van der Waals surface area contributed by atoms with Crippen molar-refractivity contribution in [1.29, 1.82) is 0 Å². The van der Waals surface area contributed by atoms with E-state index in [9.17, 15) is 4.79 Å². The molecule has 2 saturated heterocycles. The second-order valence-corrected chi connectivity index (χ2v) is 7.10. The Hall–Kier alpha value is -1.88. The molecule has 4 heterocycles. The molecule has 24 heavy (non-hydrogen) atoms. The van der Waals surface area contributed by atoms with E-state index in [2.05, 4.69) is 19.8 Å². The van der Waals surface area contributed by atoms with Gasteiger partial charge in [0.05, 0.1) is 5.56 Å². The molecule has 5 heteroatoms. The third-order valence-corrected chi connectivity index (χ3v) is 5.52. The average Bonchev–Trinajstić information content (AvgIpc) is 2.87. The second-order valence-electron chi connectivity index (χ2n) is 7.10. The van der Waals surface area contributed by atoms with Crippen LogP contribution in [0.4, 0.5) is 0 Å². The summed E-state index contributed by atoms with van der Waals surface area (Å²) in [4.78, 5) is 25.1. The molecule has 2 aromatic heterocycles. The highest BCUT2D eigenvalue weighted by atomic mass is 16.2. The number of carbonyl (C=O) groups excluding carboxylic acids is 1. The summed E-state index contributed by atoms with van der Waals surface area (Å²) in [7, 11) is 0. The van der Waals surface area contributed by atoms with Crippen molar-refractivity contribution in [2.75, 3.05) is 26.2 Å². The van der Waals surface area contributed by atoms with Gasteiger partial charge in [0.2, 0.25) is 0 Å². The lowest BCUT2D eigenvalue weighted by Crippen LogP contribution is -2.50. The van der Waals surface area contributed by atoms with Gasteiger partial charge in [0.25, 0.3) is 5.91 Å². The minimum atomic E-state index is 0.147. The molecule has 128 valence electrons. The van der Waals surface area contributed by atoms with Crippen molar-refractivity contribution in [3.63, 3.8) is 0 Å². The Morgan fingerprint density at radius 2 is 1.96 bits per heavy atom. The standard InChI is InChI=1S/C19H26N4O/c24-19(17-13-21-18-16(17)8-5-9-20-18)23-12-6-7-15(14-23)22-10-3-1-2-4-11-22/h5,8-9,13,15H,1-4,6-7,10-12,14H2,(H,20,21). The Morgan fingerprint density at radius 3 is 2.79 bits per heavy atom. The maximum atomic E-state index is 13.0. The summed E-state index contributed by atoms with van der Waals surface area (Å²) in [6.07, 6.45) is 11.2.